The highest BCUT2D eigenvalue weighted by Crippen LogP contribution is 2.10. The quantitative estimate of drug-likeness (QED) is 0.613. The Hall–Kier alpha value is -1.70. The number of carbonyl (C=O) groups excluding carboxylic acids is 1. The molecule has 0 aromatic heterocycles. The molecule has 0 radical (unpaired) electrons. The molecule has 1 atom stereocenters. The molecule has 0 aliphatic carbocycles. The van der Waals surface area contributed by atoms with Gasteiger partial charge in [-0.25, -0.2) is 4.79 Å². The Bertz CT molecular complexity index is 318. The number of carboxylic acid groups (broad SMARTS) is 1. The molecule has 0 spiro atoms. The molecule has 96 valence electrons. The van der Waals surface area contributed by atoms with Crippen LogP contribution in [-0.2, 0) is 4.79 Å². The number of terminal acetylenes is 1. The summed E-state index contributed by atoms with van der Waals surface area (Å²) < 4.78 is 0. The van der Waals surface area contributed by atoms with Crippen LogP contribution >= 0.6 is 0 Å². The molecule has 0 saturated heterocycles. The van der Waals surface area contributed by atoms with E-state index < -0.39 is 11.5 Å². The zero-order valence-corrected chi connectivity index (χ0v) is 10.5. The average Bonchev–Trinajstić information content (AvgIpc) is 2.22. The van der Waals surface area contributed by atoms with Crippen LogP contribution in [-0.4, -0.2) is 28.7 Å². The van der Waals surface area contributed by atoms with Crippen LogP contribution in [0.15, 0.2) is 0 Å². The van der Waals surface area contributed by atoms with Crippen molar-refractivity contribution in [3.63, 3.8) is 0 Å². The summed E-state index contributed by atoms with van der Waals surface area (Å²) >= 11 is 0. The number of amides is 2. The lowest BCUT2D eigenvalue weighted by molar-refractivity contribution is -0.137. The molecule has 3 N–H and O–H groups in total. The fourth-order valence-corrected chi connectivity index (χ4v) is 1.25. The highest BCUT2D eigenvalue weighted by Gasteiger charge is 2.22. The Morgan fingerprint density at radius 1 is 1.47 bits per heavy atom. The van der Waals surface area contributed by atoms with Crippen molar-refractivity contribution < 1.29 is 14.7 Å². The fourth-order valence-electron chi connectivity index (χ4n) is 1.25. The maximum Gasteiger partial charge on any atom is 0.316 e. The second-order valence-corrected chi connectivity index (χ2v) is 4.50. The lowest BCUT2D eigenvalue weighted by Gasteiger charge is -2.26. The zero-order chi connectivity index (χ0) is 13.5. The summed E-state index contributed by atoms with van der Waals surface area (Å²) in [6, 6.07) is -0.671. The van der Waals surface area contributed by atoms with Crippen molar-refractivity contribution >= 4 is 12.0 Å². The number of carboxylic acids is 1. The minimum atomic E-state index is -0.879. The lowest BCUT2D eigenvalue weighted by atomic mass is 9.99. The van der Waals surface area contributed by atoms with Crippen LogP contribution in [0.5, 0.6) is 0 Å². The molecule has 0 aliphatic rings. The van der Waals surface area contributed by atoms with Gasteiger partial charge in [-0.15, -0.1) is 6.42 Å². The molecule has 0 bridgehead atoms. The first-order valence-electron chi connectivity index (χ1n) is 5.57. The third kappa shape index (κ3) is 7.23. The number of rotatable bonds is 6. The average molecular weight is 240 g/mol. The summed E-state index contributed by atoms with van der Waals surface area (Å²) in [7, 11) is 0. The van der Waals surface area contributed by atoms with Gasteiger partial charge in [0, 0.05) is 12.0 Å². The van der Waals surface area contributed by atoms with Crippen LogP contribution in [0.2, 0.25) is 0 Å². The first-order valence-corrected chi connectivity index (χ1v) is 5.57. The van der Waals surface area contributed by atoms with Gasteiger partial charge in [0.1, 0.15) is 0 Å². The van der Waals surface area contributed by atoms with Crippen molar-refractivity contribution in [2.24, 2.45) is 0 Å². The smallest absolute Gasteiger partial charge is 0.316 e. The first-order chi connectivity index (χ1) is 7.80. The largest absolute Gasteiger partial charge is 0.481 e. The Balaban J connectivity index is 4.18. The summed E-state index contributed by atoms with van der Waals surface area (Å²) in [5, 5.41) is 13.9. The van der Waals surface area contributed by atoms with Crippen LogP contribution in [0, 0.1) is 12.3 Å². The van der Waals surface area contributed by atoms with E-state index in [1.807, 2.05) is 6.92 Å². The van der Waals surface area contributed by atoms with Gasteiger partial charge in [-0.3, -0.25) is 4.79 Å². The van der Waals surface area contributed by atoms with Crippen molar-refractivity contribution in [1.29, 1.82) is 0 Å². The zero-order valence-electron chi connectivity index (χ0n) is 10.5. The second kappa shape index (κ2) is 6.79. The minimum Gasteiger partial charge on any atom is -0.481 e. The van der Waals surface area contributed by atoms with E-state index in [-0.39, 0.29) is 18.5 Å². The topological polar surface area (TPSA) is 78.4 Å². The van der Waals surface area contributed by atoms with E-state index in [0.717, 1.165) is 0 Å². The van der Waals surface area contributed by atoms with Gasteiger partial charge in [0.15, 0.2) is 0 Å². The summed E-state index contributed by atoms with van der Waals surface area (Å²) in [5.41, 5.74) is -0.574. The van der Waals surface area contributed by atoms with Gasteiger partial charge in [-0.1, -0.05) is 12.8 Å². The molecule has 0 aromatic rings. The van der Waals surface area contributed by atoms with Crippen LogP contribution < -0.4 is 10.6 Å². The number of aliphatic carboxylic acids is 1. The van der Waals surface area contributed by atoms with Gasteiger partial charge in [-0.2, -0.15) is 0 Å². The molecule has 0 rings (SSSR count). The van der Waals surface area contributed by atoms with E-state index in [4.69, 9.17) is 11.5 Å². The normalized spacial score (nSPS) is 12.4. The Kier molecular flexibility index (Phi) is 6.11. The first kappa shape index (κ1) is 15.3. The van der Waals surface area contributed by atoms with Crippen molar-refractivity contribution in [3.05, 3.63) is 0 Å². The van der Waals surface area contributed by atoms with E-state index in [1.165, 1.54) is 0 Å². The predicted molar refractivity (Wildman–Crippen MR) is 65.5 cm³/mol. The maximum absolute atomic E-state index is 11.6. The molecule has 0 heterocycles. The lowest BCUT2D eigenvalue weighted by Crippen LogP contribution is -2.50. The van der Waals surface area contributed by atoms with Crippen LogP contribution in [0.3, 0.4) is 0 Å². The molecule has 5 nitrogen and oxygen atoms in total. The number of carbonyl (C=O) groups is 2. The molecular formula is C12H20N2O3. The highest BCUT2D eigenvalue weighted by atomic mass is 16.4. The number of urea groups is 1. The fraction of sp³-hybridized carbons (Fsp3) is 0.667. The van der Waals surface area contributed by atoms with Crippen LogP contribution in [0.1, 0.15) is 40.0 Å². The summed E-state index contributed by atoms with van der Waals surface area (Å²) in [4.78, 5) is 22.0. The van der Waals surface area contributed by atoms with E-state index >= 15 is 0 Å². The molecule has 17 heavy (non-hydrogen) atoms. The van der Waals surface area contributed by atoms with Gasteiger partial charge in [0.05, 0.1) is 6.04 Å². The van der Waals surface area contributed by atoms with Crippen LogP contribution in [0.25, 0.3) is 0 Å². The van der Waals surface area contributed by atoms with Gasteiger partial charge < -0.3 is 15.7 Å². The number of hydrogen-bond acceptors (Lipinski definition) is 2. The Labute approximate surface area is 102 Å². The Morgan fingerprint density at radius 2 is 2.06 bits per heavy atom. The van der Waals surface area contributed by atoms with E-state index in [1.54, 1.807) is 13.8 Å². The third-order valence-corrected chi connectivity index (χ3v) is 2.33. The van der Waals surface area contributed by atoms with Gasteiger partial charge in [0.2, 0.25) is 0 Å². The maximum atomic E-state index is 11.6. The Morgan fingerprint density at radius 3 is 2.47 bits per heavy atom. The predicted octanol–water partition coefficient (Wildman–Crippen LogP) is 1.34. The van der Waals surface area contributed by atoms with Gasteiger partial charge in [-0.05, 0) is 26.7 Å². The molecular weight excluding hydrogens is 220 g/mol. The van der Waals surface area contributed by atoms with E-state index in [0.29, 0.717) is 12.8 Å². The number of nitrogens with one attached hydrogen (secondary N) is 2. The van der Waals surface area contributed by atoms with Gasteiger partial charge >= 0.3 is 12.0 Å². The molecule has 5 heteroatoms. The number of hydrogen-bond donors (Lipinski definition) is 3. The summed E-state index contributed by atoms with van der Waals surface area (Å²) in [6.07, 6.45) is 6.25. The highest BCUT2D eigenvalue weighted by molar-refractivity contribution is 5.75. The van der Waals surface area contributed by atoms with Crippen molar-refractivity contribution in [2.45, 2.75) is 51.6 Å². The molecule has 0 saturated carbocycles. The molecule has 1 unspecified atom stereocenters. The van der Waals surface area contributed by atoms with Crippen molar-refractivity contribution in [2.75, 3.05) is 0 Å². The SMILES string of the molecule is C#CC(CC)NC(=O)NC(C)(C)CCC(=O)O. The summed E-state index contributed by atoms with van der Waals surface area (Å²) in [6.45, 7) is 5.42. The molecule has 0 aromatic carbocycles. The van der Waals surface area contributed by atoms with E-state index in [2.05, 4.69) is 16.6 Å². The third-order valence-electron chi connectivity index (χ3n) is 2.33. The van der Waals surface area contributed by atoms with Gasteiger partial charge in [0.25, 0.3) is 0 Å². The van der Waals surface area contributed by atoms with Crippen LogP contribution in [0.4, 0.5) is 4.79 Å². The minimum absolute atomic E-state index is 0.0135. The van der Waals surface area contributed by atoms with E-state index in [9.17, 15) is 9.59 Å². The molecule has 0 fully saturated rings. The van der Waals surface area contributed by atoms with Crippen molar-refractivity contribution in [1.82, 2.24) is 10.6 Å². The monoisotopic (exact) mass is 240 g/mol. The van der Waals surface area contributed by atoms with Crippen molar-refractivity contribution in [3.8, 4) is 12.3 Å². The standard InChI is InChI=1S/C12H20N2O3/c1-5-9(6-2)13-11(17)14-12(3,4)8-7-10(15)16/h1,9H,6-8H2,2-4H3,(H,15,16)(H2,13,14,17). The second-order valence-electron chi connectivity index (χ2n) is 4.50. The molecule has 0 aliphatic heterocycles. The molecule has 2 amide bonds. The summed E-state index contributed by atoms with van der Waals surface area (Å²) in [5.74, 6) is 1.57.